The summed E-state index contributed by atoms with van der Waals surface area (Å²) in [5, 5.41) is 8.61. The van der Waals surface area contributed by atoms with Crippen LogP contribution in [0.2, 0.25) is 0 Å². The number of hydrogen-bond acceptors (Lipinski definition) is 1. The topological polar surface area (TPSA) is 37.3 Å². The maximum absolute atomic E-state index is 10.5. The summed E-state index contributed by atoms with van der Waals surface area (Å²) in [5.74, 6) is -1.07. The summed E-state index contributed by atoms with van der Waals surface area (Å²) in [4.78, 5) is 10.5. The Balaban J connectivity index is 4.00. The van der Waals surface area contributed by atoms with Crippen LogP contribution in [0.15, 0.2) is 11.6 Å². The van der Waals surface area contributed by atoms with E-state index >= 15 is 0 Å². The molecule has 0 spiro atoms. The standard InChI is InChI=1S/C9H16O2/c1-4-5-6-7(2)8(3)9(10)11/h6,8H,4-5H2,1-3H3,(H,10,11). The number of unbranched alkanes of at least 4 members (excludes halogenated alkanes) is 1. The van der Waals surface area contributed by atoms with E-state index < -0.39 is 5.97 Å². The summed E-state index contributed by atoms with van der Waals surface area (Å²) in [6, 6.07) is 0. The van der Waals surface area contributed by atoms with Crippen LogP contribution < -0.4 is 0 Å². The number of carboxylic acids is 1. The van der Waals surface area contributed by atoms with Gasteiger partial charge >= 0.3 is 5.97 Å². The third-order valence-corrected chi connectivity index (χ3v) is 1.81. The zero-order chi connectivity index (χ0) is 8.85. The third-order valence-electron chi connectivity index (χ3n) is 1.81. The molecule has 11 heavy (non-hydrogen) atoms. The first kappa shape index (κ1) is 10.2. The molecule has 0 heterocycles. The molecule has 0 saturated heterocycles. The summed E-state index contributed by atoms with van der Waals surface area (Å²) >= 11 is 0. The molecule has 0 aromatic carbocycles. The van der Waals surface area contributed by atoms with Gasteiger partial charge in [0.25, 0.3) is 0 Å². The Bertz CT molecular complexity index is 159. The molecule has 0 fully saturated rings. The number of carboxylic acid groups (broad SMARTS) is 1. The summed E-state index contributed by atoms with van der Waals surface area (Å²) in [6.45, 7) is 5.66. The lowest BCUT2D eigenvalue weighted by Gasteiger charge is -2.05. The van der Waals surface area contributed by atoms with Crippen LogP contribution in [0.4, 0.5) is 0 Å². The van der Waals surface area contributed by atoms with Gasteiger partial charge in [-0.25, -0.2) is 0 Å². The molecule has 1 N–H and O–H groups in total. The zero-order valence-corrected chi connectivity index (χ0v) is 7.42. The van der Waals surface area contributed by atoms with Gasteiger partial charge in [-0.3, -0.25) is 4.79 Å². The van der Waals surface area contributed by atoms with Crippen molar-refractivity contribution in [2.45, 2.75) is 33.6 Å². The molecule has 0 saturated carbocycles. The van der Waals surface area contributed by atoms with Gasteiger partial charge in [0.2, 0.25) is 0 Å². The minimum absolute atomic E-state index is 0.332. The number of rotatable bonds is 4. The minimum atomic E-state index is -0.741. The summed E-state index contributed by atoms with van der Waals surface area (Å²) in [5.41, 5.74) is 0.958. The van der Waals surface area contributed by atoms with E-state index in [-0.39, 0.29) is 5.92 Å². The van der Waals surface area contributed by atoms with Crippen molar-refractivity contribution < 1.29 is 9.90 Å². The van der Waals surface area contributed by atoms with Gasteiger partial charge < -0.3 is 5.11 Å². The minimum Gasteiger partial charge on any atom is -0.481 e. The van der Waals surface area contributed by atoms with E-state index in [4.69, 9.17) is 5.11 Å². The van der Waals surface area contributed by atoms with Gasteiger partial charge in [0.05, 0.1) is 5.92 Å². The molecule has 2 nitrogen and oxygen atoms in total. The van der Waals surface area contributed by atoms with Crippen molar-refractivity contribution >= 4 is 5.97 Å². The molecule has 0 bridgehead atoms. The molecular weight excluding hydrogens is 140 g/mol. The van der Waals surface area contributed by atoms with Gasteiger partial charge in [-0.15, -0.1) is 0 Å². The average molecular weight is 156 g/mol. The Kier molecular flexibility index (Phi) is 4.59. The van der Waals surface area contributed by atoms with Crippen LogP contribution in [0.25, 0.3) is 0 Å². The van der Waals surface area contributed by atoms with Crippen LogP contribution in [-0.4, -0.2) is 11.1 Å². The third kappa shape index (κ3) is 3.81. The van der Waals surface area contributed by atoms with Gasteiger partial charge in [-0.2, -0.15) is 0 Å². The van der Waals surface area contributed by atoms with Crippen LogP contribution in [0.3, 0.4) is 0 Å². The highest BCUT2D eigenvalue weighted by Crippen LogP contribution is 2.10. The van der Waals surface area contributed by atoms with E-state index in [2.05, 4.69) is 6.92 Å². The van der Waals surface area contributed by atoms with Crippen molar-refractivity contribution in [3.63, 3.8) is 0 Å². The molecule has 0 aromatic rings. The molecule has 2 heteroatoms. The van der Waals surface area contributed by atoms with Crippen LogP contribution in [-0.2, 0) is 4.79 Å². The number of carbonyl (C=O) groups is 1. The van der Waals surface area contributed by atoms with E-state index in [1.165, 1.54) is 0 Å². The van der Waals surface area contributed by atoms with Crippen molar-refractivity contribution in [3.05, 3.63) is 11.6 Å². The lowest BCUT2D eigenvalue weighted by molar-refractivity contribution is -0.139. The van der Waals surface area contributed by atoms with Crippen molar-refractivity contribution in [1.82, 2.24) is 0 Å². The van der Waals surface area contributed by atoms with Crippen molar-refractivity contribution in [1.29, 1.82) is 0 Å². The Morgan fingerprint density at radius 3 is 2.55 bits per heavy atom. The van der Waals surface area contributed by atoms with E-state index in [0.29, 0.717) is 0 Å². The van der Waals surface area contributed by atoms with E-state index in [0.717, 1.165) is 18.4 Å². The molecule has 1 unspecified atom stereocenters. The first-order valence-corrected chi connectivity index (χ1v) is 3.99. The van der Waals surface area contributed by atoms with Crippen molar-refractivity contribution in [2.24, 2.45) is 5.92 Å². The smallest absolute Gasteiger partial charge is 0.310 e. The van der Waals surface area contributed by atoms with Crippen molar-refractivity contribution in [3.8, 4) is 0 Å². The SMILES string of the molecule is CCCC=C(C)C(C)C(=O)O. The highest BCUT2D eigenvalue weighted by Gasteiger charge is 2.11. The Morgan fingerprint density at radius 2 is 2.18 bits per heavy atom. The van der Waals surface area contributed by atoms with Crippen molar-refractivity contribution in [2.75, 3.05) is 0 Å². The van der Waals surface area contributed by atoms with Crippen LogP contribution in [0.5, 0.6) is 0 Å². The second-order valence-corrected chi connectivity index (χ2v) is 2.80. The molecule has 0 aromatic heterocycles. The van der Waals surface area contributed by atoms with E-state index in [1.54, 1.807) is 6.92 Å². The first-order chi connectivity index (χ1) is 5.09. The Labute approximate surface area is 67.9 Å². The van der Waals surface area contributed by atoms with Gasteiger partial charge in [-0.1, -0.05) is 25.0 Å². The van der Waals surface area contributed by atoms with Crippen LogP contribution in [0, 0.1) is 5.92 Å². The summed E-state index contributed by atoms with van der Waals surface area (Å²) in [7, 11) is 0. The van der Waals surface area contributed by atoms with Gasteiger partial charge in [0.1, 0.15) is 0 Å². The Morgan fingerprint density at radius 1 is 1.64 bits per heavy atom. The fourth-order valence-electron chi connectivity index (χ4n) is 0.744. The lowest BCUT2D eigenvalue weighted by atomic mass is 10.0. The van der Waals surface area contributed by atoms with Gasteiger partial charge in [0, 0.05) is 0 Å². The second-order valence-electron chi connectivity index (χ2n) is 2.80. The normalized spacial score (nSPS) is 14.6. The molecule has 0 rings (SSSR count). The quantitative estimate of drug-likeness (QED) is 0.635. The van der Waals surface area contributed by atoms with E-state index in [9.17, 15) is 4.79 Å². The molecule has 0 aliphatic rings. The first-order valence-electron chi connectivity index (χ1n) is 3.99. The number of aliphatic carboxylic acids is 1. The molecular formula is C9H16O2. The highest BCUT2D eigenvalue weighted by molar-refractivity contribution is 5.72. The predicted octanol–water partition coefficient (Wildman–Crippen LogP) is 2.45. The Hall–Kier alpha value is -0.790. The molecule has 0 amide bonds. The average Bonchev–Trinajstić information content (AvgIpc) is 1.98. The predicted molar refractivity (Wildman–Crippen MR) is 45.5 cm³/mol. The highest BCUT2D eigenvalue weighted by atomic mass is 16.4. The van der Waals surface area contributed by atoms with Gasteiger partial charge in [-0.05, 0) is 20.3 Å². The fraction of sp³-hybridized carbons (Fsp3) is 0.667. The molecule has 64 valence electrons. The lowest BCUT2D eigenvalue weighted by Crippen LogP contribution is -2.10. The number of hydrogen-bond donors (Lipinski definition) is 1. The van der Waals surface area contributed by atoms with Gasteiger partial charge in [0.15, 0.2) is 0 Å². The number of allylic oxidation sites excluding steroid dienone is 1. The molecule has 0 aliphatic carbocycles. The maximum Gasteiger partial charge on any atom is 0.310 e. The largest absolute Gasteiger partial charge is 0.481 e. The summed E-state index contributed by atoms with van der Waals surface area (Å²) in [6.07, 6.45) is 4.05. The summed E-state index contributed by atoms with van der Waals surface area (Å²) < 4.78 is 0. The fourth-order valence-corrected chi connectivity index (χ4v) is 0.744. The molecule has 0 radical (unpaired) electrons. The zero-order valence-electron chi connectivity index (χ0n) is 7.42. The van der Waals surface area contributed by atoms with E-state index in [1.807, 2.05) is 13.0 Å². The molecule has 1 atom stereocenters. The van der Waals surface area contributed by atoms with Crippen LogP contribution >= 0.6 is 0 Å². The maximum atomic E-state index is 10.5. The molecule has 0 aliphatic heterocycles. The second kappa shape index (κ2) is 4.94. The van der Waals surface area contributed by atoms with Crippen LogP contribution in [0.1, 0.15) is 33.6 Å². The monoisotopic (exact) mass is 156 g/mol.